The minimum absolute atomic E-state index is 0.0967. The number of fused-ring (bicyclic) bond motifs is 5. The molecule has 6 atom stereocenters. The van der Waals surface area contributed by atoms with Gasteiger partial charge in [0.05, 0.1) is 13.2 Å². The monoisotopic (exact) mass is 344 g/mol. The van der Waals surface area contributed by atoms with E-state index in [0.717, 1.165) is 32.1 Å². The molecule has 1 aromatic rings. The summed E-state index contributed by atoms with van der Waals surface area (Å²) in [5.74, 6) is 3.20. The van der Waals surface area contributed by atoms with E-state index >= 15 is 0 Å². The van der Waals surface area contributed by atoms with Crippen molar-refractivity contribution in [2.24, 2.45) is 23.2 Å². The fourth-order valence-electron chi connectivity index (χ4n) is 6.55. The highest BCUT2D eigenvalue weighted by molar-refractivity contribution is 5.49. The summed E-state index contributed by atoms with van der Waals surface area (Å²) < 4.78 is 5.37. The maximum absolute atomic E-state index is 11.0. The SMILES string of the molecule is CCCC1C[C@H]2[C@@H]3CCc4cc(O)c(OC)cc4[C@H]3CC[C@]2(C)[C@@H]1O. The quantitative estimate of drug-likeness (QED) is 0.839. The first-order valence-corrected chi connectivity index (χ1v) is 10.1. The largest absolute Gasteiger partial charge is 0.504 e. The third-order valence-electron chi connectivity index (χ3n) is 7.80. The smallest absolute Gasteiger partial charge is 0.160 e. The molecule has 0 bridgehead atoms. The first kappa shape index (κ1) is 17.2. The van der Waals surface area contributed by atoms with Crippen LogP contribution in [0.25, 0.3) is 0 Å². The summed E-state index contributed by atoms with van der Waals surface area (Å²) in [6, 6.07) is 4.00. The van der Waals surface area contributed by atoms with Gasteiger partial charge in [-0.05, 0) is 90.9 Å². The Labute approximate surface area is 151 Å². The van der Waals surface area contributed by atoms with Crippen LogP contribution in [-0.4, -0.2) is 23.4 Å². The summed E-state index contributed by atoms with van der Waals surface area (Å²) >= 11 is 0. The van der Waals surface area contributed by atoms with Crippen LogP contribution in [0.4, 0.5) is 0 Å². The van der Waals surface area contributed by atoms with Crippen molar-refractivity contribution in [2.45, 2.75) is 70.8 Å². The Balaban J connectivity index is 1.67. The van der Waals surface area contributed by atoms with Crippen molar-refractivity contribution in [3.8, 4) is 11.5 Å². The molecule has 3 heteroatoms. The zero-order chi connectivity index (χ0) is 17.8. The highest BCUT2D eigenvalue weighted by Gasteiger charge is 2.57. The van der Waals surface area contributed by atoms with Gasteiger partial charge in [0.1, 0.15) is 0 Å². The van der Waals surface area contributed by atoms with Gasteiger partial charge in [-0.2, -0.15) is 0 Å². The first-order valence-electron chi connectivity index (χ1n) is 10.1. The molecule has 3 aliphatic rings. The van der Waals surface area contributed by atoms with Crippen molar-refractivity contribution >= 4 is 0 Å². The number of benzene rings is 1. The third-order valence-corrected chi connectivity index (χ3v) is 7.80. The van der Waals surface area contributed by atoms with Gasteiger partial charge in [-0.25, -0.2) is 0 Å². The molecule has 138 valence electrons. The summed E-state index contributed by atoms with van der Waals surface area (Å²) in [4.78, 5) is 0. The van der Waals surface area contributed by atoms with Crippen LogP contribution in [-0.2, 0) is 6.42 Å². The summed E-state index contributed by atoms with van der Waals surface area (Å²) in [6.45, 7) is 4.58. The molecule has 0 radical (unpaired) electrons. The van der Waals surface area contributed by atoms with Gasteiger partial charge in [0.15, 0.2) is 11.5 Å². The molecule has 0 heterocycles. The molecule has 0 amide bonds. The van der Waals surface area contributed by atoms with Gasteiger partial charge in [0.25, 0.3) is 0 Å². The first-order chi connectivity index (χ1) is 12.0. The van der Waals surface area contributed by atoms with Gasteiger partial charge in [-0.1, -0.05) is 20.3 Å². The summed E-state index contributed by atoms with van der Waals surface area (Å²) in [6.07, 6.45) is 7.87. The number of aliphatic hydroxyl groups excluding tert-OH is 1. The molecule has 3 aliphatic carbocycles. The summed E-state index contributed by atoms with van der Waals surface area (Å²) in [7, 11) is 1.63. The fourth-order valence-corrected chi connectivity index (χ4v) is 6.55. The van der Waals surface area contributed by atoms with Gasteiger partial charge >= 0.3 is 0 Å². The second kappa shape index (κ2) is 6.19. The van der Waals surface area contributed by atoms with Crippen LogP contribution < -0.4 is 4.74 Å². The van der Waals surface area contributed by atoms with Crippen molar-refractivity contribution < 1.29 is 14.9 Å². The molecule has 1 aromatic carbocycles. The molecule has 0 aliphatic heterocycles. The van der Waals surface area contributed by atoms with Crippen LogP contribution in [0.15, 0.2) is 12.1 Å². The highest BCUT2D eigenvalue weighted by atomic mass is 16.5. The lowest BCUT2D eigenvalue weighted by atomic mass is 9.55. The van der Waals surface area contributed by atoms with Gasteiger partial charge in [-0.15, -0.1) is 0 Å². The van der Waals surface area contributed by atoms with E-state index in [9.17, 15) is 10.2 Å². The Morgan fingerprint density at radius 3 is 2.80 bits per heavy atom. The van der Waals surface area contributed by atoms with E-state index in [2.05, 4.69) is 19.9 Å². The minimum Gasteiger partial charge on any atom is -0.504 e. The number of phenols is 1. The number of aryl methyl sites for hydroxylation is 1. The molecule has 4 rings (SSSR count). The molecule has 0 saturated heterocycles. The Morgan fingerprint density at radius 2 is 2.08 bits per heavy atom. The van der Waals surface area contributed by atoms with Crippen LogP contribution in [0.5, 0.6) is 11.5 Å². The van der Waals surface area contributed by atoms with E-state index in [1.165, 1.54) is 24.0 Å². The number of hydrogen-bond acceptors (Lipinski definition) is 3. The average molecular weight is 344 g/mol. The maximum Gasteiger partial charge on any atom is 0.160 e. The van der Waals surface area contributed by atoms with Crippen LogP contribution in [0, 0.1) is 23.2 Å². The Morgan fingerprint density at radius 1 is 1.28 bits per heavy atom. The van der Waals surface area contributed by atoms with E-state index in [0.29, 0.717) is 29.4 Å². The van der Waals surface area contributed by atoms with E-state index in [-0.39, 0.29) is 17.3 Å². The molecule has 2 saturated carbocycles. The second-order valence-corrected chi connectivity index (χ2v) is 8.91. The summed E-state index contributed by atoms with van der Waals surface area (Å²) in [5.41, 5.74) is 2.78. The summed E-state index contributed by atoms with van der Waals surface area (Å²) in [5, 5.41) is 21.1. The van der Waals surface area contributed by atoms with Crippen LogP contribution in [0.1, 0.15) is 69.4 Å². The molecule has 0 spiro atoms. The van der Waals surface area contributed by atoms with E-state index in [4.69, 9.17) is 4.74 Å². The Hall–Kier alpha value is -1.22. The van der Waals surface area contributed by atoms with Crippen molar-refractivity contribution in [3.63, 3.8) is 0 Å². The zero-order valence-corrected chi connectivity index (χ0v) is 15.8. The van der Waals surface area contributed by atoms with Gasteiger partial charge in [0, 0.05) is 0 Å². The molecular weight excluding hydrogens is 312 g/mol. The van der Waals surface area contributed by atoms with E-state index in [1.807, 2.05) is 6.07 Å². The molecule has 0 aromatic heterocycles. The molecular formula is C22H32O3. The average Bonchev–Trinajstić information content (AvgIpc) is 2.86. The fraction of sp³-hybridized carbons (Fsp3) is 0.727. The topological polar surface area (TPSA) is 49.7 Å². The molecule has 2 N–H and O–H groups in total. The van der Waals surface area contributed by atoms with Gasteiger partial charge in [-0.3, -0.25) is 0 Å². The second-order valence-electron chi connectivity index (χ2n) is 8.91. The predicted molar refractivity (Wildman–Crippen MR) is 99.1 cm³/mol. The number of methoxy groups -OCH3 is 1. The molecule has 1 unspecified atom stereocenters. The Kier molecular flexibility index (Phi) is 4.26. The molecule has 3 nitrogen and oxygen atoms in total. The lowest BCUT2D eigenvalue weighted by Crippen LogP contribution is -2.44. The van der Waals surface area contributed by atoms with Crippen LogP contribution in [0.2, 0.25) is 0 Å². The maximum atomic E-state index is 11.0. The minimum atomic E-state index is -0.130. The molecule has 25 heavy (non-hydrogen) atoms. The van der Waals surface area contributed by atoms with E-state index < -0.39 is 0 Å². The third kappa shape index (κ3) is 2.50. The predicted octanol–water partition coefficient (Wildman–Crippen LogP) is 4.64. The van der Waals surface area contributed by atoms with Gasteiger partial charge in [0.2, 0.25) is 0 Å². The lowest BCUT2D eigenvalue weighted by molar-refractivity contribution is -0.0334. The standard InChI is InChI=1S/C22H32O3/c1-4-5-14-10-18-16-7-6-13-11-19(23)20(25-3)12-17(13)15(16)8-9-22(18,2)21(14)24/h11-12,14-16,18,21,23-24H,4-10H2,1-3H3/t14?,15-,16+,18-,21+,22-/m0/s1. The number of aromatic hydroxyl groups is 1. The number of rotatable bonds is 3. The van der Waals surface area contributed by atoms with Crippen molar-refractivity contribution in [3.05, 3.63) is 23.3 Å². The number of hydrogen-bond donors (Lipinski definition) is 2. The van der Waals surface area contributed by atoms with Crippen LogP contribution in [0.3, 0.4) is 0 Å². The van der Waals surface area contributed by atoms with Gasteiger partial charge < -0.3 is 14.9 Å². The van der Waals surface area contributed by atoms with Crippen molar-refractivity contribution in [2.75, 3.05) is 7.11 Å². The molecule has 2 fully saturated rings. The number of ether oxygens (including phenoxy) is 1. The van der Waals surface area contributed by atoms with Crippen molar-refractivity contribution in [1.82, 2.24) is 0 Å². The van der Waals surface area contributed by atoms with E-state index in [1.54, 1.807) is 7.11 Å². The zero-order valence-electron chi connectivity index (χ0n) is 15.8. The Bertz CT molecular complexity index is 655. The van der Waals surface area contributed by atoms with Crippen molar-refractivity contribution in [1.29, 1.82) is 0 Å². The normalized spacial score (nSPS) is 39.4. The number of aliphatic hydroxyl groups is 1. The van der Waals surface area contributed by atoms with Crippen LogP contribution >= 0.6 is 0 Å². The highest BCUT2D eigenvalue weighted by Crippen LogP contribution is 2.63. The number of phenolic OH excluding ortho intramolecular Hbond substituents is 1. The lowest BCUT2D eigenvalue weighted by Gasteiger charge is -2.50.